The highest BCUT2D eigenvalue weighted by molar-refractivity contribution is 5.76. The zero-order chi connectivity index (χ0) is 12.5. The third-order valence-electron chi connectivity index (χ3n) is 2.98. The average Bonchev–Trinajstić information content (AvgIpc) is 2.64. The monoisotopic (exact) mass is 224 g/mol. The largest absolute Gasteiger partial charge is 0.481 e. The average molecular weight is 224 g/mol. The molecule has 0 spiro atoms. The van der Waals surface area contributed by atoms with Crippen LogP contribution in [-0.2, 0) is 4.79 Å². The Labute approximate surface area is 95.5 Å². The lowest BCUT2D eigenvalue weighted by atomic mass is 10.1. The van der Waals surface area contributed by atoms with Gasteiger partial charge in [0.25, 0.3) is 0 Å². The Balaban J connectivity index is 2.74. The minimum atomic E-state index is -0.865. The Morgan fingerprint density at radius 2 is 2.06 bits per heavy atom. The van der Waals surface area contributed by atoms with Gasteiger partial charge in [0.1, 0.15) is 0 Å². The minimum absolute atomic E-state index is 0.113. The molecule has 0 aliphatic heterocycles. The van der Waals surface area contributed by atoms with Crippen LogP contribution in [0.4, 0.5) is 4.39 Å². The molecule has 16 heavy (non-hydrogen) atoms. The number of hydrogen-bond donors (Lipinski definition) is 1. The molecule has 1 fully saturated rings. The van der Waals surface area contributed by atoms with E-state index in [9.17, 15) is 9.18 Å². The van der Waals surface area contributed by atoms with Crippen molar-refractivity contribution in [2.24, 2.45) is 23.2 Å². The molecule has 0 bridgehead atoms. The van der Waals surface area contributed by atoms with Crippen LogP contribution in [0.5, 0.6) is 0 Å². The molecule has 88 valence electrons. The van der Waals surface area contributed by atoms with E-state index in [1.807, 2.05) is 27.7 Å². The number of allylic oxidation sites excluding steroid dienone is 2. The van der Waals surface area contributed by atoms with E-state index in [4.69, 9.17) is 5.11 Å². The highest BCUT2D eigenvalue weighted by Crippen LogP contribution is 2.59. The molecule has 0 heterocycles. The molecule has 0 amide bonds. The number of rotatable bonds is 2. The molecule has 1 N–H and O–H groups in total. The van der Waals surface area contributed by atoms with Crippen molar-refractivity contribution in [3.05, 3.63) is 11.9 Å². The van der Waals surface area contributed by atoms with Crippen LogP contribution in [0.25, 0.3) is 0 Å². The van der Waals surface area contributed by atoms with Gasteiger partial charge >= 0.3 is 5.97 Å². The van der Waals surface area contributed by atoms with Crippen molar-refractivity contribution in [1.29, 1.82) is 0 Å². The summed E-state index contributed by atoms with van der Waals surface area (Å²) in [4.78, 5) is 10.8. The van der Waals surface area contributed by atoms with E-state index in [0.717, 1.165) is 0 Å². The van der Waals surface area contributed by atoms with Crippen LogP contribution < -0.4 is 0 Å². The molecule has 0 aromatic heterocycles. The second-order valence-electron chi connectivity index (χ2n) is 5.10. The van der Waals surface area contributed by atoms with Crippen molar-refractivity contribution in [3.8, 4) is 11.8 Å². The summed E-state index contributed by atoms with van der Waals surface area (Å²) in [5, 5.41) is 8.90. The topological polar surface area (TPSA) is 37.3 Å². The van der Waals surface area contributed by atoms with Crippen LogP contribution in [0, 0.1) is 35.0 Å². The maximum atomic E-state index is 13.3. The molecule has 0 aromatic rings. The van der Waals surface area contributed by atoms with E-state index < -0.39 is 17.7 Å². The van der Waals surface area contributed by atoms with Crippen LogP contribution in [0.3, 0.4) is 0 Å². The fourth-order valence-electron chi connectivity index (χ4n) is 1.87. The van der Waals surface area contributed by atoms with E-state index in [1.165, 1.54) is 6.08 Å². The molecule has 0 saturated heterocycles. The summed E-state index contributed by atoms with van der Waals surface area (Å²) in [5.74, 6) is 3.11. The van der Waals surface area contributed by atoms with Crippen molar-refractivity contribution in [2.45, 2.75) is 27.7 Å². The molecule has 2 atom stereocenters. The molecule has 3 heteroatoms. The van der Waals surface area contributed by atoms with Gasteiger partial charge < -0.3 is 5.11 Å². The Hall–Kier alpha value is -1.30. The van der Waals surface area contributed by atoms with Crippen molar-refractivity contribution < 1.29 is 14.3 Å². The highest BCUT2D eigenvalue weighted by Gasteiger charge is 2.61. The summed E-state index contributed by atoms with van der Waals surface area (Å²) >= 11 is 0. The number of carboxylic acids is 1. The van der Waals surface area contributed by atoms with Gasteiger partial charge in [-0.25, -0.2) is 0 Å². The molecule has 0 radical (unpaired) electrons. The SMILES string of the molecule is CC(C)C#CC(F)=CC1C(C(=O)O)C1(C)C. The molecule has 1 rings (SSSR count). The van der Waals surface area contributed by atoms with E-state index in [-0.39, 0.29) is 17.3 Å². The van der Waals surface area contributed by atoms with Gasteiger partial charge in [-0.3, -0.25) is 4.79 Å². The van der Waals surface area contributed by atoms with Crippen LogP contribution >= 0.6 is 0 Å². The summed E-state index contributed by atoms with van der Waals surface area (Å²) < 4.78 is 13.3. The molecule has 1 saturated carbocycles. The number of aliphatic carboxylic acids is 1. The van der Waals surface area contributed by atoms with Gasteiger partial charge in [-0.1, -0.05) is 33.6 Å². The predicted octanol–water partition coefficient (Wildman–Crippen LogP) is 2.86. The number of carbonyl (C=O) groups is 1. The zero-order valence-electron chi connectivity index (χ0n) is 10.0. The Morgan fingerprint density at radius 3 is 2.44 bits per heavy atom. The van der Waals surface area contributed by atoms with Crippen LogP contribution in [0.1, 0.15) is 27.7 Å². The first-order valence-corrected chi connectivity index (χ1v) is 5.38. The highest BCUT2D eigenvalue weighted by atomic mass is 19.1. The van der Waals surface area contributed by atoms with Gasteiger partial charge in [0.15, 0.2) is 5.83 Å². The van der Waals surface area contributed by atoms with Gasteiger partial charge in [0, 0.05) is 11.8 Å². The molecular weight excluding hydrogens is 207 g/mol. The fourth-order valence-corrected chi connectivity index (χ4v) is 1.87. The number of halogens is 1. The summed E-state index contributed by atoms with van der Waals surface area (Å²) in [6, 6.07) is 0. The predicted molar refractivity (Wildman–Crippen MR) is 60.2 cm³/mol. The normalized spacial score (nSPS) is 27.2. The number of hydrogen-bond acceptors (Lipinski definition) is 1. The minimum Gasteiger partial charge on any atom is -0.481 e. The fraction of sp³-hybridized carbons (Fsp3) is 0.615. The first kappa shape index (κ1) is 12.8. The maximum Gasteiger partial charge on any atom is 0.307 e. The molecular formula is C13H17FO2. The lowest BCUT2D eigenvalue weighted by molar-refractivity contribution is -0.139. The second-order valence-corrected chi connectivity index (χ2v) is 5.10. The summed E-state index contributed by atoms with van der Waals surface area (Å²) in [5.41, 5.74) is -0.358. The van der Waals surface area contributed by atoms with E-state index >= 15 is 0 Å². The molecule has 1 aliphatic carbocycles. The van der Waals surface area contributed by atoms with Crippen molar-refractivity contribution in [2.75, 3.05) is 0 Å². The van der Waals surface area contributed by atoms with Crippen LogP contribution in [0.15, 0.2) is 11.9 Å². The smallest absolute Gasteiger partial charge is 0.307 e. The van der Waals surface area contributed by atoms with E-state index in [0.29, 0.717) is 0 Å². The Kier molecular flexibility index (Phi) is 3.42. The van der Waals surface area contributed by atoms with Crippen LogP contribution in [0.2, 0.25) is 0 Å². The Morgan fingerprint density at radius 1 is 1.50 bits per heavy atom. The maximum absolute atomic E-state index is 13.3. The summed E-state index contributed by atoms with van der Waals surface area (Å²) in [6.45, 7) is 7.41. The van der Waals surface area contributed by atoms with Crippen molar-refractivity contribution >= 4 is 5.97 Å². The first-order chi connectivity index (χ1) is 7.26. The lowest BCUT2D eigenvalue weighted by Crippen LogP contribution is -2.03. The quantitative estimate of drug-likeness (QED) is 0.732. The standard InChI is InChI=1S/C13H17FO2/c1-8(2)5-6-9(14)7-10-11(12(15)16)13(10,3)4/h7-8,10-11H,1-4H3,(H,15,16). The second kappa shape index (κ2) is 4.29. The summed E-state index contributed by atoms with van der Waals surface area (Å²) in [6.07, 6.45) is 1.34. The van der Waals surface area contributed by atoms with Crippen LogP contribution in [-0.4, -0.2) is 11.1 Å². The molecule has 2 unspecified atom stereocenters. The van der Waals surface area contributed by atoms with Gasteiger partial charge in [-0.05, 0) is 17.4 Å². The van der Waals surface area contributed by atoms with E-state index in [2.05, 4.69) is 11.8 Å². The van der Waals surface area contributed by atoms with E-state index in [1.54, 1.807) is 0 Å². The van der Waals surface area contributed by atoms with Gasteiger partial charge in [0.05, 0.1) is 5.92 Å². The molecule has 2 nitrogen and oxygen atoms in total. The molecule has 1 aliphatic rings. The zero-order valence-corrected chi connectivity index (χ0v) is 10.0. The third kappa shape index (κ3) is 2.63. The Bertz CT molecular complexity index is 382. The van der Waals surface area contributed by atoms with Gasteiger partial charge in [-0.2, -0.15) is 4.39 Å². The summed E-state index contributed by atoms with van der Waals surface area (Å²) in [7, 11) is 0. The first-order valence-electron chi connectivity index (χ1n) is 5.38. The molecule has 0 aromatic carbocycles. The number of carboxylic acid groups (broad SMARTS) is 1. The van der Waals surface area contributed by atoms with Gasteiger partial charge in [0.2, 0.25) is 0 Å². The lowest BCUT2D eigenvalue weighted by Gasteiger charge is -1.96. The van der Waals surface area contributed by atoms with Crippen molar-refractivity contribution in [1.82, 2.24) is 0 Å². The van der Waals surface area contributed by atoms with Gasteiger partial charge in [-0.15, -0.1) is 0 Å². The third-order valence-corrected chi connectivity index (χ3v) is 2.98. The van der Waals surface area contributed by atoms with Crippen molar-refractivity contribution in [3.63, 3.8) is 0 Å².